The zero-order valence-electron chi connectivity index (χ0n) is 19.9. The van der Waals surface area contributed by atoms with Crippen molar-refractivity contribution in [1.82, 2.24) is 29.7 Å². The zero-order chi connectivity index (χ0) is 23.4. The molecule has 6 rings (SSSR count). The molecular weight excluding hydrogens is 435 g/mol. The van der Waals surface area contributed by atoms with Gasteiger partial charge in [-0.25, -0.2) is 13.9 Å². The zero-order valence-corrected chi connectivity index (χ0v) is 19.9. The molecule has 1 amide bonds. The molecule has 0 saturated carbocycles. The molecule has 184 valence electrons. The van der Waals surface area contributed by atoms with Gasteiger partial charge in [0.25, 0.3) is 0 Å². The third-order valence-corrected chi connectivity index (χ3v) is 8.05. The van der Waals surface area contributed by atoms with E-state index < -0.39 is 12.3 Å². The van der Waals surface area contributed by atoms with Crippen LogP contribution in [-0.2, 0) is 4.79 Å². The third-order valence-electron chi connectivity index (χ3n) is 8.05. The van der Waals surface area contributed by atoms with Crippen LogP contribution >= 0.6 is 0 Å². The number of nitrogens with one attached hydrogen (secondary N) is 1. The van der Waals surface area contributed by atoms with Gasteiger partial charge in [-0.1, -0.05) is 0 Å². The molecule has 3 N–H and O–H groups in total. The summed E-state index contributed by atoms with van der Waals surface area (Å²) in [7, 11) is 0. The number of piperidine rings is 2. The molecule has 0 radical (unpaired) electrons. The second kappa shape index (κ2) is 8.73. The molecule has 4 aliphatic heterocycles. The summed E-state index contributed by atoms with van der Waals surface area (Å²) in [6.45, 7) is 5.12. The van der Waals surface area contributed by atoms with Crippen molar-refractivity contribution in [2.75, 3.05) is 31.1 Å². The summed E-state index contributed by atoms with van der Waals surface area (Å²) >= 11 is 0. The second-order valence-electron chi connectivity index (χ2n) is 10.4. The van der Waals surface area contributed by atoms with E-state index >= 15 is 4.39 Å². The van der Waals surface area contributed by atoms with Crippen LogP contribution in [0, 0.1) is 6.92 Å². The number of amides is 1. The lowest BCUT2D eigenvalue weighted by Crippen LogP contribution is -2.51. The Morgan fingerprint density at radius 3 is 2.76 bits per heavy atom. The van der Waals surface area contributed by atoms with Crippen molar-refractivity contribution in [1.29, 1.82) is 0 Å². The molecule has 4 fully saturated rings. The number of aromatic nitrogens is 3. The molecular formula is C24H35FN8O. The van der Waals surface area contributed by atoms with E-state index in [-0.39, 0.29) is 24.2 Å². The SMILES string of the molecule is Cc1cn2nc([C@@H]3CCCCN3C(=O)C3NC4CCCCN4C3F)cc2nc1N1CC[C@H](N)C1. The van der Waals surface area contributed by atoms with Crippen molar-refractivity contribution in [2.24, 2.45) is 5.73 Å². The van der Waals surface area contributed by atoms with Gasteiger partial charge in [-0.3, -0.25) is 15.0 Å². The average Bonchev–Trinajstić information content (AvgIpc) is 3.55. The minimum Gasteiger partial charge on any atom is -0.355 e. The highest BCUT2D eigenvalue weighted by atomic mass is 19.1. The molecule has 6 heterocycles. The van der Waals surface area contributed by atoms with E-state index in [9.17, 15) is 4.79 Å². The minimum absolute atomic E-state index is 0.0274. The van der Waals surface area contributed by atoms with E-state index in [4.69, 9.17) is 15.8 Å². The van der Waals surface area contributed by atoms with Crippen molar-refractivity contribution in [3.05, 3.63) is 23.5 Å². The lowest BCUT2D eigenvalue weighted by molar-refractivity contribution is -0.139. The van der Waals surface area contributed by atoms with E-state index in [1.807, 2.05) is 33.5 Å². The van der Waals surface area contributed by atoms with Crippen LogP contribution in [0.25, 0.3) is 5.65 Å². The Kier molecular flexibility index (Phi) is 5.69. The number of hydrogen-bond donors (Lipinski definition) is 2. The Bertz CT molecular complexity index is 1070. The number of anilines is 1. The first-order valence-corrected chi connectivity index (χ1v) is 12.8. The van der Waals surface area contributed by atoms with Gasteiger partial charge in [0.2, 0.25) is 5.91 Å². The molecule has 3 unspecified atom stereocenters. The van der Waals surface area contributed by atoms with E-state index in [0.717, 1.165) is 80.8 Å². The quantitative estimate of drug-likeness (QED) is 0.660. The fourth-order valence-corrected chi connectivity index (χ4v) is 6.26. The predicted octanol–water partition coefficient (Wildman–Crippen LogP) is 1.71. The molecule has 9 nitrogen and oxygen atoms in total. The highest BCUT2D eigenvalue weighted by Gasteiger charge is 2.48. The maximum absolute atomic E-state index is 15.3. The van der Waals surface area contributed by atoms with Gasteiger partial charge in [0.15, 0.2) is 11.9 Å². The van der Waals surface area contributed by atoms with Crippen molar-refractivity contribution >= 4 is 17.4 Å². The van der Waals surface area contributed by atoms with Gasteiger partial charge < -0.3 is 15.5 Å². The van der Waals surface area contributed by atoms with E-state index in [1.54, 1.807) is 0 Å². The summed E-state index contributed by atoms with van der Waals surface area (Å²) in [5.41, 5.74) is 8.77. The van der Waals surface area contributed by atoms with Gasteiger partial charge in [-0.15, -0.1) is 0 Å². The van der Waals surface area contributed by atoms with E-state index in [0.29, 0.717) is 13.1 Å². The molecule has 2 aromatic rings. The average molecular weight is 471 g/mol. The van der Waals surface area contributed by atoms with Crippen molar-refractivity contribution in [3.8, 4) is 0 Å². The van der Waals surface area contributed by atoms with Crippen LogP contribution in [0.5, 0.6) is 0 Å². The van der Waals surface area contributed by atoms with Gasteiger partial charge in [0.05, 0.1) is 17.9 Å². The summed E-state index contributed by atoms with van der Waals surface area (Å²) < 4.78 is 17.1. The van der Waals surface area contributed by atoms with Crippen molar-refractivity contribution < 1.29 is 9.18 Å². The Morgan fingerprint density at radius 2 is 1.97 bits per heavy atom. The third kappa shape index (κ3) is 3.76. The van der Waals surface area contributed by atoms with Gasteiger partial charge in [-0.05, 0) is 51.9 Å². The summed E-state index contributed by atoms with van der Waals surface area (Å²) in [4.78, 5) is 24.4. The maximum atomic E-state index is 15.3. The van der Waals surface area contributed by atoms with E-state index in [1.165, 1.54) is 0 Å². The highest BCUT2D eigenvalue weighted by Crippen LogP contribution is 2.34. The van der Waals surface area contributed by atoms with Gasteiger partial charge in [0.1, 0.15) is 11.9 Å². The monoisotopic (exact) mass is 470 g/mol. The van der Waals surface area contributed by atoms with Crippen LogP contribution in [-0.4, -0.2) is 81.0 Å². The maximum Gasteiger partial charge on any atom is 0.244 e. The summed E-state index contributed by atoms with van der Waals surface area (Å²) in [6.07, 6.45) is 7.45. The van der Waals surface area contributed by atoms with Crippen LogP contribution in [0.1, 0.15) is 62.2 Å². The molecule has 0 bridgehead atoms. The number of likely N-dealkylation sites (tertiary alicyclic amines) is 1. The summed E-state index contributed by atoms with van der Waals surface area (Å²) in [5.74, 6) is 0.815. The molecule has 2 aromatic heterocycles. The van der Waals surface area contributed by atoms with Gasteiger partial charge in [-0.2, -0.15) is 5.10 Å². The number of hydrogen-bond acceptors (Lipinski definition) is 7. The Balaban J connectivity index is 1.27. The topological polar surface area (TPSA) is 95.0 Å². The fourth-order valence-electron chi connectivity index (χ4n) is 6.26. The van der Waals surface area contributed by atoms with Crippen LogP contribution in [0.3, 0.4) is 0 Å². The molecule has 0 spiro atoms. The first-order valence-electron chi connectivity index (χ1n) is 12.8. The normalized spacial score (nSPS) is 32.5. The Hall–Kier alpha value is -2.30. The number of nitrogens with zero attached hydrogens (tertiary/aromatic N) is 6. The first kappa shape index (κ1) is 22.2. The Morgan fingerprint density at radius 1 is 1.15 bits per heavy atom. The smallest absolute Gasteiger partial charge is 0.244 e. The lowest BCUT2D eigenvalue weighted by Gasteiger charge is -2.36. The first-order chi connectivity index (χ1) is 16.5. The van der Waals surface area contributed by atoms with Crippen LogP contribution in [0.4, 0.5) is 10.2 Å². The molecule has 10 heteroatoms. The predicted molar refractivity (Wildman–Crippen MR) is 127 cm³/mol. The molecule has 5 atom stereocenters. The second-order valence-corrected chi connectivity index (χ2v) is 10.4. The largest absolute Gasteiger partial charge is 0.355 e. The van der Waals surface area contributed by atoms with Gasteiger partial charge in [0, 0.05) is 50.0 Å². The fraction of sp³-hybridized carbons (Fsp3) is 0.708. The molecule has 0 aromatic carbocycles. The number of alkyl halides is 1. The lowest BCUT2D eigenvalue weighted by atomic mass is 9.98. The summed E-state index contributed by atoms with van der Waals surface area (Å²) in [5, 5.41) is 8.12. The van der Waals surface area contributed by atoms with Gasteiger partial charge >= 0.3 is 0 Å². The number of halogens is 1. The van der Waals surface area contributed by atoms with Crippen molar-refractivity contribution in [2.45, 2.75) is 82.5 Å². The molecule has 4 saturated heterocycles. The van der Waals surface area contributed by atoms with Crippen LogP contribution < -0.4 is 16.0 Å². The van der Waals surface area contributed by atoms with E-state index in [2.05, 4.69) is 10.2 Å². The van der Waals surface area contributed by atoms with Crippen LogP contribution in [0.2, 0.25) is 0 Å². The molecule has 4 aliphatic rings. The highest BCUT2D eigenvalue weighted by molar-refractivity contribution is 5.83. The number of carbonyl (C=O) groups excluding carboxylic acids is 1. The van der Waals surface area contributed by atoms with Crippen molar-refractivity contribution in [3.63, 3.8) is 0 Å². The van der Waals surface area contributed by atoms with Crippen LogP contribution in [0.15, 0.2) is 12.3 Å². The number of rotatable bonds is 3. The molecule has 0 aliphatic carbocycles. The number of carbonyl (C=O) groups is 1. The minimum atomic E-state index is -1.26. The Labute approximate surface area is 199 Å². The standard InChI is InChI=1S/C24H35FN8O/c1-15-13-33-20(28-23(15)30-11-8-16(26)14-30)12-17(29-33)18-6-2-4-9-31(18)24(34)21-22(25)32-10-5-3-7-19(32)27-21/h12-13,16,18-19,21-22,27H,2-11,14,26H2,1H3/t16-,18-,19?,21?,22?/m0/s1. The number of nitrogens with two attached hydrogens (primary N) is 1. The summed E-state index contributed by atoms with van der Waals surface area (Å²) in [6, 6.07) is 1.22. The number of aryl methyl sites for hydroxylation is 1. The molecule has 34 heavy (non-hydrogen) atoms. The number of fused-ring (bicyclic) bond motifs is 2.